The van der Waals surface area contributed by atoms with E-state index in [1.807, 2.05) is 20.8 Å². The molecule has 0 aliphatic carbocycles. The Labute approximate surface area is 121 Å². The molecule has 110 valence electrons. The van der Waals surface area contributed by atoms with Crippen LogP contribution in [0.4, 0.5) is 5.82 Å². The number of ether oxygens (including phenoxy) is 2. The first-order valence-electron chi connectivity index (χ1n) is 6.87. The molecule has 0 saturated heterocycles. The number of hydrogen-bond donors (Lipinski definition) is 1. The average Bonchev–Trinajstić information content (AvgIpc) is 2.42. The molecule has 5 nitrogen and oxygen atoms in total. The Morgan fingerprint density at radius 1 is 1.35 bits per heavy atom. The zero-order valence-electron chi connectivity index (χ0n) is 12.7. The van der Waals surface area contributed by atoms with Crippen LogP contribution < -0.4 is 10.1 Å². The molecule has 0 fully saturated rings. The van der Waals surface area contributed by atoms with Crippen molar-refractivity contribution >= 4 is 5.82 Å². The lowest BCUT2D eigenvalue weighted by molar-refractivity contribution is 0.124. The Bertz CT molecular complexity index is 440. The molecule has 0 aromatic carbocycles. The normalized spacial score (nSPS) is 10.9. The second-order valence-corrected chi connectivity index (χ2v) is 4.83. The van der Waals surface area contributed by atoms with Crippen molar-refractivity contribution in [3.8, 4) is 18.2 Å². The van der Waals surface area contributed by atoms with Gasteiger partial charge >= 0.3 is 0 Å². The maximum atomic E-state index is 5.71. The summed E-state index contributed by atoms with van der Waals surface area (Å²) in [6.45, 7) is 9.45. The SMILES string of the molecule is C#CC(C)(C)Oc1cc(NCCC)nc(COCC)n1. The number of rotatable bonds is 8. The molecule has 0 aliphatic rings. The lowest BCUT2D eigenvalue weighted by Gasteiger charge is -2.20. The predicted molar refractivity (Wildman–Crippen MR) is 79.7 cm³/mol. The molecular weight excluding hydrogens is 254 g/mol. The first kappa shape index (κ1) is 16.3. The lowest BCUT2D eigenvalue weighted by atomic mass is 10.1. The smallest absolute Gasteiger partial charge is 0.220 e. The largest absolute Gasteiger partial charge is 0.458 e. The summed E-state index contributed by atoms with van der Waals surface area (Å²) in [7, 11) is 0. The number of hydrogen-bond acceptors (Lipinski definition) is 5. The Morgan fingerprint density at radius 3 is 2.70 bits per heavy atom. The average molecular weight is 277 g/mol. The van der Waals surface area contributed by atoms with Crippen LogP contribution in [-0.4, -0.2) is 28.7 Å². The van der Waals surface area contributed by atoms with Crippen molar-refractivity contribution in [2.45, 2.75) is 46.3 Å². The van der Waals surface area contributed by atoms with Crippen molar-refractivity contribution in [2.75, 3.05) is 18.5 Å². The van der Waals surface area contributed by atoms with E-state index in [0.717, 1.165) is 18.8 Å². The summed E-state index contributed by atoms with van der Waals surface area (Å²) < 4.78 is 11.1. The van der Waals surface area contributed by atoms with Crippen molar-refractivity contribution in [3.63, 3.8) is 0 Å². The third-order valence-corrected chi connectivity index (χ3v) is 2.45. The highest BCUT2D eigenvalue weighted by Crippen LogP contribution is 2.19. The van der Waals surface area contributed by atoms with Gasteiger partial charge < -0.3 is 14.8 Å². The molecule has 1 heterocycles. The van der Waals surface area contributed by atoms with Crippen molar-refractivity contribution in [2.24, 2.45) is 0 Å². The second kappa shape index (κ2) is 7.71. The summed E-state index contributed by atoms with van der Waals surface area (Å²) in [6, 6.07) is 1.75. The van der Waals surface area contributed by atoms with Gasteiger partial charge in [0.1, 0.15) is 12.4 Å². The van der Waals surface area contributed by atoms with E-state index in [0.29, 0.717) is 24.9 Å². The predicted octanol–water partition coefficient (Wildman–Crippen LogP) is 2.63. The van der Waals surface area contributed by atoms with E-state index >= 15 is 0 Å². The minimum atomic E-state index is -0.709. The summed E-state index contributed by atoms with van der Waals surface area (Å²) in [5.74, 6) is 4.34. The van der Waals surface area contributed by atoms with E-state index < -0.39 is 5.60 Å². The maximum absolute atomic E-state index is 5.71. The van der Waals surface area contributed by atoms with Gasteiger partial charge in [0, 0.05) is 19.2 Å². The fraction of sp³-hybridized carbons (Fsp3) is 0.600. The molecule has 0 spiro atoms. The van der Waals surface area contributed by atoms with Crippen LogP contribution in [0, 0.1) is 12.3 Å². The van der Waals surface area contributed by atoms with Crippen molar-refractivity contribution in [3.05, 3.63) is 11.9 Å². The minimum absolute atomic E-state index is 0.352. The van der Waals surface area contributed by atoms with Crippen LogP contribution in [-0.2, 0) is 11.3 Å². The van der Waals surface area contributed by atoms with Gasteiger partial charge in [-0.25, -0.2) is 4.98 Å². The Kier molecular flexibility index (Phi) is 6.26. The standard InChI is InChI=1S/C15H23N3O2/c1-6-9-16-12-10-14(20-15(4,5)7-2)18-13(17-12)11-19-8-3/h2,10H,6,8-9,11H2,1,3-5H3,(H,16,17,18). The summed E-state index contributed by atoms with van der Waals surface area (Å²) in [6.07, 6.45) is 6.44. The zero-order valence-corrected chi connectivity index (χ0v) is 12.7. The molecule has 1 N–H and O–H groups in total. The van der Waals surface area contributed by atoms with E-state index in [9.17, 15) is 0 Å². The lowest BCUT2D eigenvalue weighted by Crippen LogP contribution is -2.26. The van der Waals surface area contributed by atoms with Crippen LogP contribution >= 0.6 is 0 Å². The molecule has 0 amide bonds. The number of nitrogens with one attached hydrogen (secondary N) is 1. The van der Waals surface area contributed by atoms with Crippen LogP contribution in [0.25, 0.3) is 0 Å². The molecular formula is C15H23N3O2. The topological polar surface area (TPSA) is 56.3 Å². The van der Waals surface area contributed by atoms with Gasteiger partial charge in [-0.1, -0.05) is 12.8 Å². The number of nitrogens with zero attached hydrogens (tertiary/aromatic N) is 2. The van der Waals surface area contributed by atoms with Crippen molar-refractivity contribution < 1.29 is 9.47 Å². The number of terminal acetylenes is 1. The van der Waals surface area contributed by atoms with Crippen LogP contribution in [0.15, 0.2) is 6.07 Å². The molecule has 1 aromatic rings. The third-order valence-electron chi connectivity index (χ3n) is 2.45. The Morgan fingerprint density at radius 2 is 2.10 bits per heavy atom. The number of anilines is 1. The monoisotopic (exact) mass is 277 g/mol. The summed E-state index contributed by atoms with van der Waals surface area (Å²) in [5, 5.41) is 3.22. The van der Waals surface area contributed by atoms with Crippen LogP contribution in [0.3, 0.4) is 0 Å². The van der Waals surface area contributed by atoms with Gasteiger partial charge in [0.15, 0.2) is 11.4 Å². The second-order valence-electron chi connectivity index (χ2n) is 4.83. The molecule has 1 aromatic heterocycles. The van der Waals surface area contributed by atoms with E-state index in [4.69, 9.17) is 15.9 Å². The van der Waals surface area contributed by atoms with E-state index in [-0.39, 0.29) is 0 Å². The quantitative estimate of drug-likeness (QED) is 0.740. The minimum Gasteiger partial charge on any atom is -0.458 e. The van der Waals surface area contributed by atoms with Gasteiger partial charge in [0.25, 0.3) is 0 Å². The third kappa shape index (κ3) is 5.45. The summed E-state index contributed by atoms with van der Waals surface area (Å²) in [5.41, 5.74) is -0.709. The summed E-state index contributed by atoms with van der Waals surface area (Å²) in [4.78, 5) is 8.70. The van der Waals surface area contributed by atoms with Crippen LogP contribution in [0.1, 0.15) is 39.9 Å². The van der Waals surface area contributed by atoms with Gasteiger partial charge in [-0.05, 0) is 27.2 Å². The maximum Gasteiger partial charge on any atom is 0.220 e. The summed E-state index contributed by atoms with van der Waals surface area (Å²) >= 11 is 0. The number of aromatic nitrogens is 2. The fourth-order valence-corrected chi connectivity index (χ4v) is 1.42. The highest BCUT2D eigenvalue weighted by Gasteiger charge is 2.17. The molecule has 0 atom stereocenters. The van der Waals surface area contributed by atoms with Gasteiger partial charge in [-0.2, -0.15) is 4.98 Å². The first-order valence-corrected chi connectivity index (χ1v) is 6.87. The first-order chi connectivity index (χ1) is 9.50. The Balaban J connectivity index is 2.94. The van der Waals surface area contributed by atoms with Gasteiger partial charge in [-0.3, -0.25) is 0 Å². The van der Waals surface area contributed by atoms with E-state index in [1.54, 1.807) is 6.07 Å². The zero-order chi connectivity index (χ0) is 15.0. The van der Waals surface area contributed by atoms with E-state index in [2.05, 4.69) is 28.1 Å². The van der Waals surface area contributed by atoms with Gasteiger partial charge in [0.05, 0.1) is 0 Å². The Hall–Kier alpha value is -1.80. The molecule has 1 rings (SSSR count). The highest BCUT2D eigenvalue weighted by atomic mass is 16.5. The molecule has 0 radical (unpaired) electrons. The van der Waals surface area contributed by atoms with Crippen molar-refractivity contribution in [1.82, 2.24) is 9.97 Å². The van der Waals surface area contributed by atoms with Crippen LogP contribution in [0.5, 0.6) is 5.88 Å². The van der Waals surface area contributed by atoms with Crippen LogP contribution in [0.2, 0.25) is 0 Å². The fourth-order valence-electron chi connectivity index (χ4n) is 1.42. The van der Waals surface area contributed by atoms with Gasteiger partial charge in [0.2, 0.25) is 5.88 Å². The van der Waals surface area contributed by atoms with Gasteiger partial charge in [-0.15, -0.1) is 6.42 Å². The van der Waals surface area contributed by atoms with Crippen molar-refractivity contribution in [1.29, 1.82) is 0 Å². The molecule has 0 saturated carbocycles. The molecule has 0 unspecified atom stereocenters. The molecule has 5 heteroatoms. The molecule has 0 bridgehead atoms. The van der Waals surface area contributed by atoms with E-state index in [1.165, 1.54) is 0 Å². The molecule has 0 aliphatic heterocycles. The molecule has 20 heavy (non-hydrogen) atoms. The highest BCUT2D eigenvalue weighted by molar-refractivity contribution is 5.38.